The largest absolute Gasteiger partial charge is 0.448 e. The standard InChI is InChI=1S/C15H26ClNO4/c1-5-11-8-6-7-9-15(11,12(18)20-10-16)17-13(19)21-14(2,3)4/h11H,5-10H2,1-4H3,(H,17,19). The van der Waals surface area contributed by atoms with E-state index >= 15 is 0 Å². The number of nitrogens with one attached hydrogen (secondary N) is 1. The van der Waals surface area contributed by atoms with Crippen molar-refractivity contribution >= 4 is 23.7 Å². The molecule has 1 fully saturated rings. The van der Waals surface area contributed by atoms with Gasteiger partial charge in [-0.2, -0.15) is 0 Å². The number of carbonyl (C=O) groups excluding carboxylic acids is 2. The molecule has 0 aromatic rings. The molecule has 2 atom stereocenters. The second-order valence-electron chi connectivity index (χ2n) is 6.49. The molecule has 1 aliphatic carbocycles. The van der Waals surface area contributed by atoms with Crippen molar-refractivity contribution in [3.63, 3.8) is 0 Å². The highest BCUT2D eigenvalue weighted by atomic mass is 35.5. The third kappa shape index (κ3) is 4.77. The molecule has 1 N–H and O–H groups in total. The van der Waals surface area contributed by atoms with E-state index in [1.807, 2.05) is 6.92 Å². The van der Waals surface area contributed by atoms with Crippen molar-refractivity contribution in [1.82, 2.24) is 5.32 Å². The number of ether oxygens (including phenoxy) is 2. The van der Waals surface area contributed by atoms with Gasteiger partial charge in [0.2, 0.25) is 0 Å². The van der Waals surface area contributed by atoms with Crippen LogP contribution in [-0.4, -0.2) is 29.3 Å². The first kappa shape index (κ1) is 18.1. The lowest BCUT2D eigenvalue weighted by Crippen LogP contribution is -2.61. The fraction of sp³-hybridized carbons (Fsp3) is 0.867. The Labute approximate surface area is 131 Å². The van der Waals surface area contributed by atoms with Crippen molar-refractivity contribution in [3.05, 3.63) is 0 Å². The number of alkyl carbamates (subject to hydrolysis) is 1. The van der Waals surface area contributed by atoms with Crippen LogP contribution in [0.25, 0.3) is 0 Å². The van der Waals surface area contributed by atoms with Gasteiger partial charge >= 0.3 is 12.1 Å². The van der Waals surface area contributed by atoms with Crippen molar-refractivity contribution in [2.24, 2.45) is 5.92 Å². The number of esters is 1. The van der Waals surface area contributed by atoms with Crippen molar-refractivity contribution in [1.29, 1.82) is 0 Å². The van der Waals surface area contributed by atoms with Crippen molar-refractivity contribution < 1.29 is 19.1 Å². The Morgan fingerprint density at radius 3 is 2.52 bits per heavy atom. The van der Waals surface area contributed by atoms with Crippen LogP contribution in [0.5, 0.6) is 0 Å². The first-order valence-electron chi connectivity index (χ1n) is 7.49. The minimum Gasteiger partial charge on any atom is -0.448 e. The molecular weight excluding hydrogens is 294 g/mol. The zero-order valence-electron chi connectivity index (χ0n) is 13.3. The molecule has 1 amide bonds. The number of alkyl halides is 1. The molecule has 0 spiro atoms. The minimum absolute atomic E-state index is 0.0366. The molecule has 1 saturated carbocycles. The maximum Gasteiger partial charge on any atom is 0.408 e. The lowest BCUT2D eigenvalue weighted by Gasteiger charge is -2.42. The van der Waals surface area contributed by atoms with Crippen LogP contribution >= 0.6 is 11.6 Å². The van der Waals surface area contributed by atoms with Gasteiger partial charge < -0.3 is 14.8 Å². The molecule has 21 heavy (non-hydrogen) atoms. The van der Waals surface area contributed by atoms with Crippen LogP contribution < -0.4 is 5.32 Å². The second-order valence-corrected chi connectivity index (χ2v) is 6.71. The molecular formula is C15H26ClNO4. The number of halogens is 1. The summed E-state index contributed by atoms with van der Waals surface area (Å²) in [4.78, 5) is 24.5. The predicted molar refractivity (Wildman–Crippen MR) is 81.2 cm³/mol. The summed E-state index contributed by atoms with van der Waals surface area (Å²) < 4.78 is 10.3. The van der Waals surface area contributed by atoms with E-state index in [1.165, 1.54) is 0 Å². The Balaban J connectivity index is 2.96. The highest BCUT2D eigenvalue weighted by Gasteiger charge is 2.49. The third-order valence-corrected chi connectivity index (χ3v) is 3.95. The molecule has 0 bridgehead atoms. The van der Waals surface area contributed by atoms with Crippen molar-refractivity contribution in [3.8, 4) is 0 Å². The zero-order chi connectivity index (χ0) is 16.1. The lowest BCUT2D eigenvalue weighted by atomic mass is 9.71. The van der Waals surface area contributed by atoms with Gasteiger partial charge in [-0.15, -0.1) is 0 Å². The molecule has 0 aromatic heterocycles. The van der Waals surface area contributed by atoms with E-state index in [-0.39, 0.29) is 12.0 Å². The molecule has 6 heteroatoms. The van der Waals surface area contributed by atoms with Crippen LogP contribution in [0.1, 0.15) is 59.8 Å². The number of carbonyl (C=O) groups is 2. The average Bonchev–Trinajstić information content (AvgIpc) is 2.37. The van der Waals surface area contributed by atoms with Crippen LogP contribution in [-0.2, 0) is 14.3 Å². The molecule has 5 nitrogen and oxygen atoms in total. The van der Waals surface area contributed by atoms with Gasteiger partial charge in [-0.3, -0.25) is 0 Å². The van der Waals surface area contributed by atoms with Gasteiger partial charge in [-0.05, 0) is 39.5 Å². The van der Waals surface area contributed by atoms with E-state index < -0.39 is 23.2 Å². The van der Waals surface area contributed by atoms with Crippen LogP contribution in [0.4, 0.5) is 4.79 Å². The fourth-order valence-electron chi connectivity index (χ4n) is 2.95. The molecule has 122 valence electrons. The van der Waals surface area contributed by atoms with E-state index in [1.54, 1.807) is 20.8 Å². The Bertz CT molecular complexity index is 380. The minimum atomic E-state index is -1.02. The van der Waals surface area contributed by atoms with E-state index in [2.05, 4.69) is 5.32 Å². The molecule has 0 saturated heterocycles. The number of rotatable bonds is 4. The summed E-state index contributed by atoms with van der Waals surface area (Å²) in [7, 11) is 0. The Hall–Kier alpha value is -0.970. The van der Waals surface area contributed by atoms with E-state index in [9.17, 15) is 9.59 Å². The quantitative estimate of drug-likeness (QED) is 0.635. The molecule has 0 radical (unpaired) electrons. The summed E-state index contributed by atoms with van der Waals surface area (Å²) in [6.45, 7) is 7.37. The summed E-state index contributed by atoms with van der Waals surface area (Å²) in [5.74, 6) is -0.426. The summed E-state index contributed by atoms with van der Waals surface area (Å²) in [5.41, 5.74) is -1.64. The summed E-state index contributed by atoms with van der Waals surface area (Å²) in [6.07, 6.45) is 3.54. The molecule has 0 aliphatic heterocycles. The first-order valence-corrected chi connectivity index (χ1v) is 8.03. The first-order chi connectivity index (χ1) is 9.75. The van der Waals surface area contributed by atoms with Crippen LogP contribution in [0.3, 0.4) is 0 Å². The van der Waals surface area contributed by atoms with E-state index in [4.69, 9.17) is 21.1 Å². The lowest BCUT2D eigenvalue weighted by molar-refractivity contribution is -0.154. The fourth-order valence-corrected chi connectivity index (χ4v) is 3.05. The normalized spacial score (nSPS) is 26.0. The smallest absolute Gasteiger partial charge is 0.408 e. The molecule has 0 heterocycles. The molecule has 1 rings (SSSR count). The molecule has 2 unspecified atom stereocenters. The summed E-state index contributed by atoms with van der Waals surface area (Å²) in [6, 6.07) is -0.215. The van der Waals surface area contributed by atoms with E-state index in [0.29, 0.717) is 6.42 Å². The van der Waals surface area contributed by atoms with Crippen molar-refractivity contribution in [2.75, 3.05) is 6.07 Å². The maximum atomic E-state index is 12.4. The second kappa shape index (κ2) is 7.34. The number of amides is 1. The summed E-state index contributed by atoms with van der Waals surface area (Å²) in [5, 5.41) is 2.78. The molecule has 0 aromatic carbocycles. The topological polar surface area (TPSA) is 64.6 Å². The zero-order valence-corrected chi connectivity index (χ0v) is 14.1. The van der Waals surface area contributed by atoms with E-state index in [0.717, 1.165) is 25.7 Å². The Morgan fingerprint density at radius 2 is 2.00 bits per heavy atom. The van der Waals surface area contributed by atoms with Gasteiger partial charge in [-0.25, -0.2) is 9.59 Å². The van der Waals surface area contributed by atoms with Crippen LogP contribution in [0, 0.1) is 5.92 Å². The maximum absolute atomic E-state index is 12.4. The van der Waals surface area contributed by atoms with Crippen LogP contribution in [0.2, 0.25) is 0 Å². The number of hydrogen-bond acceptors (Lipinski definition) is 4. The number of hydrogen-bond donors (Lipinski definition) is 1. The van der Waals surface area contributed by atoms with Gasteiger partial charge in [0.15, 0.2) is 6.07 Å². The van der Waals surface area contributed by atoms with Gasteiger partial charge in [0.1, 0.15) is 11.1 Å². The van der Waals surface area contributed by atoms with Crippen LogP contribution in [0.15, 0.2) is 0 Å². The Kier molecular flexibility index (Phi) is 6.32. The van der Waals surface area contributed by atoms with Gasteiger partial charge in [-0.1, -0.05) is 37.8 Å². The van der Waals surface area contributed by atoms with Crippen molar-refractivity contribution in [2.45, 2.75) is 70.9 Å². The summed E-state index contributed by atoms with van der Waals surface area (Å²) >= 11 is 5.52. The SMILES string of the molecule is CCC1CCCCC1(NC(=O)OC(C)(C)C)C(=O)OCCl. The van der Waals surface area contributed by atoms with Gasteiger partial charge in [0.25, 0.3) is 0 Å². The average molecular weight is 320 g/mol. The van der Waals surface area contributed by atoms with Gasteiger partial charge in [0.05, 0.1) is 0 Å². The predicted octanol–water partition coefficient (Wildman–Crippen LogP) is 3.59. The highest BCUT2D eigenvalue weighted by molar-refractivity contribution is 6.17. The third-order valence-electron chi connectivity index (χ3n) is 3.84. The van der Waals surface area contributed by atoms with Gasteiger partial charge in [0, 0.05) is 0 Å². The monoisotopic (exact) mass is 319 g/mol. The molecule has 1 aliphatic rings. The highest BCUT2D eigenvalue weighted by Crippen LogP contribution is 2.37. The Morgan fingerprint density at radius 1 is 1.33 bits per heavy atom.